The number of piperidine rings is 1. The van der Waals surface area contributed by atoms with E-state index in [1.165, 1.54) is 5.56 Å². The van der Waals surface area contributed by atoms with Crippen molar-refractivity contribution in [1.29, 1.82) is 0 Å². The fourth-order valence-corrected chi connectivity index (χ4v) is 3.71. The zero-order valence-electron chi connectivity index (χ0n) is 13.2. The first-order valence-electron chi connectivity index (χ1n) is 8.44. The molecule has 3 rings (SSSR count). The molecule has 2 aliphatic rings. The molecule has 1 aliphatic carbocycles. The van der Waals surface area contributed by atoms with E-state index < -0.39 is 0 Å². The average Bonchev–Trinajstić information content (AvgIpc) is 3.33. The number of rotatable bonds is 5. The third kappa shape index (κ3) is 3.64. The Morgan fingerprint density at radius 2 is 2.14 bits per heavy atom. The SMILES string of the molecule is CCNCC1CCN(C(=O)C2CC2c2cccc(Cl)c2)CC1. The number of halogens is 1. The van der Waals surface area contributed by atoms with Gasteiger partial charge < -0.3 is 10.2 Å². The van der Waals surface area contributed by atoms with E-state index in [9.17, 15) is 4.79 Å². The molecule has 0 aromatic heterocycles. The Morgan fingerprint density at radius 3 is 2.82 bits per heavy atom. The number of likely N-dealkylation sites (tertiary alicyclic amines) is 1. The van der Waals surface area contributed by atoms with Crippen LogP contribution < -0.4 is 5.32 Å². The second kappa shape index (κ2) is 7.01. The van der Waals surface area contributed by atoms with E-state index in [1.54, 1.807) is 0 Å². The molecule has 1 N–H and O–H groups in total. The van der Waals surface area contributed by atoms with Crippen LogP contribution in [0.2, 0.25) is 5.02 Å². The Labute approximate surface area is 138 Å². The largest absolute Gasteiger partial charge is 0.342 e. The molecule has 1 aromatic rings. The lowest BCUT2D eigenvalue weighted by Gasteiger charge is -2.32. The summed E-state index contributed by atoms with van der Waals surface area (Å²) in [6.45, 7) is 6.11. The maximum Gasteiger partial charge on any atom is 0.226 e. The van der Waals surface area contributed by atoms with Gasteiger partial charge in [0.15, 0.2) is 0 Å². The van der Waals surface area contributed by atoms with Crippen LogP contribution in [-0.2, 0) is 4.79 Å². The first kappa shape index (κ1) is 15.8. The predicted molar refractivity (Wildman–Crippen MR) is 90.1 cm³/mol. The number of hydrogen-bond donors (Lipinski definition) is 1. The highest BCUT2D eigenvalue weighted by Crippen LogP contribution is 2.49. The molecule has 0 spiro atoms. The number of nitrogens with zero attached hydrogens (tertiary/aromatic N) is 1. The van der Waals surface area contributed by atoms with Crippen LogP contribution in [0.1, 0.15) is 37.7 Å². The monoisotopic (exact) mass is 320 g/mol. The van der Waals surface area contributed by atoms with Gasteiger partial charge in [-0.3, -0.25) is 4.79 Å². The van der Waals surface area contributed by atoms with E-state index in [0.717, 1.165) is 56.4 Å². The number of benzene rings is 1. The summed E-state index contributed by atoms with van der Waals surface area (Å²) >= 11 is 6.05. The molecule has 120 valence electrons. The van der Waals surface area contributed by atoms with Gasteiger partial charge in [0.25, 0.3) is 0 Å². The third-order valence-electron chi connectivity index (χ3n) is 4.99. The van der Waals surface area contributed by atoms with Crippen LogP contribution in [0, 0.1) is 11.8 Å². The van der Waals surface area contributed by atoms with Crippen LogP contribution in [0.5, 0.6) is 0 Å². The molecule has 1 heterocycles. The van der Waals surface area contributed by atoms with Crippen molar-refractivity contribution < 1.29 is 4.79 Å². The maximum absolute atomic E-state index is 12.6. The maximum atomic E-state index is 12.6. The van der Waals surface area contributed by atoms with Gasteiger partial charge in [0.1, 0.15) is 0 Å². The molecule has 0 radical (unpaired) electrons. The second-order valence-corrected chi connectivity index (χ2v) is 7.02. The van der Waals surface area contributed by atoms with Crippen LogP contribution in [0.3, 0.4) is 0 Å². The summed E-state index contributed by atoms with van der Waals surface area (Å²) < 4.78 is 0. The van der Waals surface area contributed by atoms with Gasteiger partial charge in [-0.05, 0) is 61.9 Å². The molecular weight excluding hydrogens is 296 g/mol. The fraction of sp³-hybridized carbons (Fsp3) is 0.611. The number of nitrogens with one attached hydrogen (secondary N) is 1. The average molecular weight is 321 g/mol. The van der Waals surface area contributed by atoms with Gasteiger partial charge in [-0.25, -0.2) is 0 Å². The van der Waals surface area contributed by atoms with Crippen molar-refractivity contribution in [2.45, 2.75) is 32.1 Å². The van der Waals surface area contributed by atoms with Crippen molar-refractivity contribution in [3.05, 3.63) is 34.9 Å². The molecule has 22 heavy (non-hydrogen) atoms. The zero-order valence-corrected chi connectivity index (χ0v) is 14.0. The van der Waals surface area contributed by atoms with Crippen molar-refractivity contribution in [2.75, 3.05) is 26.2 Å². The third-order valence-corrected chi connectivity index (χ3v) is 5.23. The van der Waals surface area contributed by atoms with E-state index in [0.29, 0.717) is 11.8 Å². The molecular formula is C18H25ClN2O. The molecule has 1 aliphatic heterocycles. The van der Waals surface area contributed by atoms with Gasteiger partial charge in [0, 0.05) is 24.0 Å². The molecule has 1 saturated heterocycles. The van der Waals surface area contributed by atoms with Gasteiger partial charge in [0.05, 0.1) is 0 Å². The highest BCUT2D eigenvalue weighted by Gasteiger charge is 2.46. The van der Waals surface area contributed by atoms with Crippen molar-refractivity contribution in [1.82, 2.24) is 10.2 Å². The topological polar surface area (TPSA) is 32.3 Å². The lowest BCUT2D eigenvalue weighted by atomic mass is 9.96. The number of hydrogen-bond acceptors (Lipinski definition) is 2. The zero-order chi connectivity index (χ0) is 15.5. The minimum Gasteiger partial charge on any atom is -0.342 e. The molecule has 2 atom stereocenters. The number of carbonyl (C=O) groups is 1. The quantitative estimate of drug-likeness (QED) is 0.903. The first-order chi connectivity index (χ1) is 10.7. The fourth-order valence-electron chi connectivity index (χ4n) is 3.51. The second-order valence-electron chi connectivity index (χ2n) is 6.58. The Bertz CT molecular complexity index is 526. The summed E-state index contributed by atoms with van der Waals surface area (Å²) in [5, 5.41) is 4.18. The summed E-state index contributed by atoms with van der Waals surface area (Å²) in [6.07, 6.45) is 3.25. The Balaban J connectivity index is 1.50. The van der Waals surface area contributed by atoms with Crippen LogP contribution >= 0.6 is 11.6 Å². The Kier molecular flexibility index (Phi) is 5.04. The highest BCUT2D eigenvalue weighted by atomic mass is 35.5. The van der Waals surface area contributed by atoms with Crippen molar-refractivity contribution >= 4 is 17.5 Å². The number of amides is 1. The van der Waals surface area contributed by atoms with E-state index >= 15 is 0 Å². The van der Waals surface area contributed by atoms with Gasteiger partial charge in [-0.15, -0.1) is 0 Å². The Morgan fingerprint density at radius 1 is 1.36 bits per heavy atom. The van der Waals surface area contributed by atoms with Gasteiger partial charge in [-0.2, -0.15) is 0 Å². The van der Waals surface area contributed by atoms with Gasteiger partial charge in [-0.1, -0.05) is 30.7 Å². The summed E-state index contributed by atoms with van der Waals surface area (Å²) in [7, 11) is 0. The van der Waals surface area contributed by atoms with E-state index in [2.05, 4.69) is 23.2 Å². The molecule has 1 saturated carbocycles. The molecule has 4 heteroatoms. The predicted octanol–water partition coefficient (Wildman–Crippen LogP) is 3.29. The normalized spacial score (nSPS) is 25.3. The molecule has 2 unspecified atom stereocenters. The first-order valence-corrected chi connectivity index (χ1v) is 8.81. The molecule has 2 fully saturated rings. The summed E-state index contributed by atoms with van der Waals surface area (Å²) in [6, 6.07) is 7.96. The van der Waals surface area contributed by atoms with Crippen LogP contribution in [0.25, 0.3) is 0 Å². The smallest absolute Gasteiger partial charge is 0.226 e. The molecule has 1 aromatic carbocycles. The summed E-state index contributed by atoms with van der Waals surface area (Å²) in [4.78, 5) is 14.7. The van der Waals surface area contributed by atoms with Crippen molar-refractivity contribution in [2.24, 2.45) is 11.8 Å². The summed E-state index contributed by atoms with van der Waals surface area (Å²) in [5.41, 5.74) is 1.22. The molecule has 1 amide bonds. The van der Waals surface area contributed by atoms with Crippen LogP contribution in [-0.4, -0.2) is 37.0 Å². The van der Waals surface area contributed by atoms with Crippen molar-refractivity contribution in [3.8, 4) is 0 Å². The highest BCUT2D eigenvalue weighted by molar-refractivity contribution is 6.30. The van der Waals surface area contributed by atoms with Crippen LogP contribution in [0.15, 0.2) is 24.3 Å². The van der Waals surface area contributed by atoms with Crippen LogP contribution in [0.4, 0.5) is 0 Å². The minimum atomic E-state index is 0.184. The van der Waals surface area contributed by atoms with Crippen molar-refractivity contribution in [3.63, 3.8) is 0 Å². The Hall–Kier alpha value is -1.06. The van der Waals surface area contributed by atoms with Gasteiger partial charge >= 0.3 is 0 Å². The van der Waals surface area contributed by atoms with E-state index in [-0.39, 0.29) is 5.92 Å². The van der Waals surface area contributed by atoms with E-state index in [4.69, 9.17) is 11.6 Å². The minimum absolute atomic E-state index is 0.184. The lowest BCUT2D eigenvalue weighted by molar-refractivity contribution is -0.134. The number of carbonyl (C=O) groups excluding carboxylic acids is 1. The molecule has 3 nitrogen and oxygen atoms in total. The lowest BCUT2D eigenvalue weighted by Crippen LogP contribution is -2.41. The standard InChI is InChI=1S/C18H25ClN2O/c1-2-20-12-13-6-8-21(9-7-13)18(22)17-11-16(17)14-4-3-5-15(19)10-14/h3-5,10,13,16-17,20H,2,6-9,11-12H2,1H3. The van der Waals surface area contributed by atoms with Gasteiger partial charge in [0.2, 0.25) is 5.91 Å². The summed E-state index contributed by atoms with van der Waals surface area (Å²) in [5.74, 6) is 1.65. The van der Waals surface area contributed by atoms with E-state index in [1.807, 2.05) is 18.2 Å². The molecule has 0 bridgehead atoms.